The molecule has 1 aliphatic rings. The van der Waals surface area contributed by atoms with Gasteiger partial charge in [-0.25, -0.2) is 10.4 Å². The average molecular weight is 473 g/mol. The molecule has 0 saturated heterocycles. The van der Waals surface area contributed by atoms with Crippen LogP contribution in [0.3, 0.4) is 0 Å². The van der Waals surface area contributed by atoms with E-state index in [-0.39, 0.29) is 18.1 Å². The minimum Gasteiger partial charge on any atom is -0.389 e. The van der Waals surface area contributed by atoms with E-state index in [0.717, 1.165) is 17.7 Å². The maximum absolute atomic E-state index is 12.6. The van der Waals surface area contributed by atoms with E-state index in [4.69, 9.17) is 5.53 Å². The smallest absolute Gasteiger partial charge is 0.273 e. The highest BCUT2D eigenvalue weighted by molar-refractivity contribution is 6.34. The van der Waals surface area contributed by atoms with Crippen LogP contribution in [0.1, 0.15) is 39.3 Å². The van der Waals surface area contributed by atoms with E-state index in [0.29, 0.717) is 29.9 Å². The fourth-order valence-corrected chi connectivity index (χ4v) is 3.48. The zero-order chi connectivity index (χ0) is 24.6. The van der Waals surface area contributed by atoms with E-state index >= 15 is 0 Å². The third-order valence-electron chi connectivity index (χ3n) is 5.26. The molecule has 0 spiro atoms. The second-order valence-electron chi connectivity index (χ2n) is 7.64. The Morgan fingerprint density at radius 1 is 1.06 bits per heavy atom. The van der Waals surface area contributed by atoms with Crippen LogP contribution in [-0.2, 0) is 17.9 Å². The topological polar surface area (TPSA) is 158 Å². The van der Waals surface area contributed by atoms with Crippen molar-refractivity contribution in [3.63, 3.8) is 0 Å². The lowest BCUT2D eigenvalue weighted by Gasteiger charge is -2.08. The number of imide groups is 1. The number of benzene rings is 1. The SMILES string of the molecule is N=N/C(=C\NCCCCn1cc(N2C(=O)c3ccccc3C2=O)nn1)C(=O)NCc1ccccn1. The summed E-state index contributed by atoms with van der Waals surface area (Å²) in [5.41, 5.74) is 8.60. The highest BCUT2D eigenvalue weighted by Gasteiger charge is 2.37. The van der Waals surface area contributed by atoms with Crippen LogP contribution in [0.15, 0.2) is 71.9 Å². The van der Waals surface area contributed by atoms with Gasteiger partial charge in [0.25, 0.3) is 17.7 Å². The zero-order valence-electron chi connectivity index (χ0n) is 18.7. The van der Waals surface area contributed by atoms with E-state index in [1.54, 1.807) is 53.5 Å². The molecule has 0 bridgehead atoms. The Morgan fingerprint density at radius 3 is 2.49 bits per heavy atom. The minimum atomic E-state index is -0.471. The molecule has 3 amide bonds. The third-order valence-corrected chi connectivity index (χ3v) is 5.26. The zero-order valence-corrected chi connectivity index (χ0v) is 18.7. The fourth-order valence-electron chi connectivity index (χ4n) is 3.48. The predicted molar refractivity (Wildman–Crippen MR) is 124 cm³/mol. The number of aryl methyl sites for hydroxylation is 1. The number of carbonyl (C=O) groups is 3. The van der Waals surface area contributed by atoms with Crippen molar-refractivity contribution < 1.29 is 14.4 Å². The molecule has 0 atom stereocenters. The first-order valence-corrected chi connectivity index (χ1v) is 11.0. The van der Waals surface area contributed by atoms with Gasteiger partial charge in [-0.1, -0.05) is 23.4 Å². The fraction of sp³-hybridized carbons (Fsp3) is 0.217. The molecule has 12 heteroatoms. The lowest BCUT2D eigenvalue weighted by atomic mass is 10.1. The van der Waals surface area contributed by atoms with Crippen LogP contribution >= 0.6 is 0 Å². The molecule has 0 aliphatic carbocycles. The second-order valence-corrected chi connectivity index (χ2v) is 7.64. The molecule has 0 fully saturated rings. The van der Waals surface area contributed by atoms with Gasteiger partial charge in [0.1, 0.15) is 0 Å². The van der Waals surface area contributed by atoms with Gasteiger partial charge in [0.15, 0.2) is 11.5 Å². The number of fused-ring (bicyclic) bond motifs is 1. The molecule has 1 aliphatic heterocycles. The van der Waals surface area contributed by atoms with Gasteiger partial charge in [-0.15, -0.1) is 5.10 Å². The molecule has 4 rings (SSSR count). The molecule has 178 valence electrons. The number of carbonyl (C=O) groups excluding carboxylic acids is 3. The van der Waals surface area contributed by atoms with Crippen molar-refractivity contribution in [3.8, 4) is 0 Å². The number of pyridine rings is 1. The van der Waals surface area contributed by atoms with Crippen LogP contribution in [0, 0.1) is 5.53 Å². The molecule has 3 N–H and O–H groups in total. The molecule has 3 aromatic rings. The van der Waals surface area contributed by atoms with Gasteiger partial charge in [-0.2, -0.15) is 5.11 Å². The van der Waals surface area contributed by atoms with Gasteiger partial charge in [-0.05, 0) is 37.1 Å². The summed E-state index contributed by atoms with van der Waals surface area (Å²) in [6, 6.07) is 12.1. The number of hydrogen-bond acceptors (Lipinski definition) is 9. The second kappa shape index (κ2) is 10.9. The highest BCUT2D eigenvalue weighted by Crippen LogP contribution is 2.26. The molecule has 2 aromatic heterocycles. The Balaban J connectivity index is 1.20. The third kappa shape index (κ3) is 5.43. The van der Waals surface area contributed by atoms with Gasteiger partial charge in [0, 0.05) is 25.5 Å². The summed E-state index contributed by atoms with van der Waals surface area (Å²) in [5.74, 6) is -1.10. The van der Waals surface area contributed by atoms with Crippen molar-refractivity contribution in [2.45, 2.75) is 25.9 Å². The van der Waals surface area contributed by atoms with Crippen LogP contribution in [0.25, 0.3) is 0 Å². The number of hydrogen-bond donors (Lipinski definition) is 3. The summed E-state index contributed by atoms with van der Waals surface area (Å²) in [4.78, 5) is 42.4. The Bertz CT molecular complexity index is 1240. The molecule has 0 unspecified atom stereocenters. The van der Waals surface area contributed by atoms with Crippen LogP contribution in [0.5, 0.6) is 0 Å². The Hall–Kier alpha value is -4.74. The first-order chi connectivity index (χ1) is 17.1. The monoisotopic (exact) mass is 473 g/mol. The van der Waals surface area contributed by atoms with E-state index in [1.165, 1.54) is 6.20 Å². The van der Waals surface area contributed by atoms with E-state index in [2.05, 4.69) is 31.0 Å². The van der Waals surface area contributed by atoms with Gasteiger partial charge in [0.2, 0.25) is 0 Å². The Labute approximate surface area is 200 Å². The van der Waals surface area contributed by atoms with Crippen molar-refractivity contribution in [1.29, 1.82) is 5.53 Å². The molecule has 12 nitrogen and oxygen atoms in total. The normalized spacial score (nSPS) is 13.0. The maximum Gasteiger partial charge on any atom is 0.273 e. The largest absolute Gasteiger partial charge is 0.389 e. The van der Waals surface area contributed by atoms with Crippen molar-refractivity contribution >= 4 is 23.5 Å². The molecule has 0 saturated carbocycles. The van der Waals surface area contributed by atoms with Crippen LogP contribution in [-0.4, -0.2) is 44.2 Å². The Kier molecular flexibility index (Phi) is 7.31. The number of anilines is 1. The first-order valence-electron chi connectivity index (χ1n) is 11.0. The first kappa shape index (κ1) is 23.4. The summed E-state index contributed by atoms with van der Waals surface area (Å²) in [5, 5.41) is 16.9. The summed E-state index contributed by atoms with van der Waals surface area (Å²) in [7, 11) is 0. The molecular weight excluding hydrogens is 450 g/mol. The van der Waals surface area contributed by atoms with E-state index < -0.39 is 17.7 Å². The van der Waals surface area contributed by atoms with E-state index in [9.17, 15) is 14.4 Å². The van der Waals surface area contributed by atoms with Gasteiger partial charge in [-0.3, -0.25) is 24.0 Å². The van der Waals surface area contributed by atoms with Crippen LogP contribution in [0.4, 0.5) is 5.82 Å². The number of unbranched alkanes of at least 4 members (excludes halogenated alkanes) is 1. The van der Waals surface area contributed by atoms with Crippen LogP contribution in [0.2, 0.25) is 0 Å². The lowest BCUT2D eigenvalue weighted by molar-refractivity contribution is -0.117. The maximum atomic E-state index is 12.6. The standard InChI is InChI=1S/C23H23N9O3/c24-28-19(21(33)27-13-16-7-3-4-11-26-16)14-25-10-5-6-12-31-15-20(29-30-31)32-22(34)17-8-1-2-9-18(17)23(32)35/h1-4,7-9,11,14-15,24-25H,5-6,10,12-13H2,(H,27,33)/b19-14-,28-24?. The molecule has 3 heterocycles. The molecule has 0 radical (unpaired) electrons. The van der Waals surface area contributed by atoms with Crippen molar-refractivity contribution in [3.05, 3.63) is 83.6 Å². The van der Waals surface area contributed by atoms with Crippen LogP contribution < -0.4 is 15.5 Å². The van der Waals surface area contributed by atoms with Gasteiger partial charge >= 0.3 is 0 Å². The van der Waals surface area contributed by atoms with Gasteiger partial charge < -0.3 is 10.6 Å². The predicted octanol–water partition coefficient (Wildman–Crippen LogP) is 2.03. The number of aromatic nitrogens is 4. The van der Waals surface area contributed by atoms with Gasteiger partial charge in [0.05, 0.1) is 29.6 Å². The number of nitrogens with one attached hydrogen (secondary N) is 3. The minimum absolute atomic E-state index is 0.0391. The molecule has 1 aromatic carbocycles. The quantitative estimate of drug-likeness (QED) is 0.166. The summed E-state index contributed by atoms with van der Waals surface area (Å²) in [6.07, 6.45) is 6.07. The lowest BCUT2D eigenvalue weighted by Crippen LogP contribution is -2.29. The van der Waals surface area contributed by atoms with E-state index in [1.807, 2.05) is 6.07 Å². The molecule has 35 heavy (non-hydrogen) atoms. The summed E-state index contributed by atoms with van der Waals surface area (Å²) < 4.78 is 1.57. The average Bonchev–Trinajstić information content (AvgIpc) is 3.45. The van der Waals surface area contributed by atoms with Crippen molar-refractivity contribution in [1.82, 2.24) is 30.6 Å². The Morgan fingerprint density at radius 2 is 1.80 bits per heavy atom. The highest BCUT2D eigenvalue weighted by atomic mass is 16.2. The van der Waals surface area contributed by atoms with Crippen molar-refractivity contribution in [2.24, 2.45) is 5.11 Å². The number of nitrogens with zero attached hydrogens (tertiary/aromatic N) is 6. The molecular formula is C23H23N9O3. The van der Waals surface area contributed by atoms with Crippen molar-refractivity contribution in [2.75, 3.05) is 11.4 Å². The number of amides is 3. The number of rotatable bonds is 11. The summed E-state index contributed by atoms with van der Waals surface area (Å²) >= 11 is 0. The summed E-state index contributed by atoms with van der Waals surface area (Å²) in [6.45, 7) is 1.32.